The number of sulfonamides is 1. The number of anilines is 2. The molecule has 12 heteroatoms. The third-order valence-corrected chi connectivity index (χ3v) is 6.38. The Morgan fingerprint density at radius 3 is 2.38 bits per heavy atom. The predicted octanol–water partition coefficient (Wildman–Crippen LogP) is 2.70. The molecule has 1 saturated heterocycles. The first-order chi connectivity index (χ1) is 15.1. The molecule has 2 aromatic rings. The minimum atomic E-state index is -4.48. The number of carbonyl (C=O) groups is 1. The lowest BCUT2D eigenvalue weighted by molar-refractivity contribution is -0.153. The maximum absolute atomic E-state index is 12.6. The molecule has 3 rings (SSSR count). The van der Waals surface area contributed by atoms with Crippen LogP contribution >= 0.6 is 0 Å². The number of morpholine rings is 1. The Bertz CT molecular complexity index is 1020. The molecule has 1 aliphatic heterocycles. The lowest BCUT2D eigenvalue weighted by atomic mass is 10.3. The van der Waals surface area contributed by atoms with Crippen molar-refractivity contribution in [2.75, 3.05) is 50.1 Å². The maximum Gasteiger partial charge on any atom is 0.422 e. The van der Waals surface area contributed by atoms with Crippen LogP contribution in [0.3, 0.4) is 0 Å². The zero-order valence-electron chi connectivity index (χ0n) is 16.9. The van der Waals surface area contributed by atoms with Crippen LogP contribution in [-0.4, -0.2) is 64.3 Å². The number of hydrogen-bond acceptors (Lipinski definition) is 6. The van der Waals surface area contributed by atoms with Gasteiger partial charge in [-0.15, -0.1) is 0 Å². The Kier molecular flexibility index (Phi) is 7.59. The van der Waals surface area contributed by atoms with Crippen molar-refractivity contribution < 1.29 is 35.9 Å². The molecule has 2 N–H and O–H groups in total. The first kappa shape index (κ1) is 23.8. The second-order valence-corrected chi connectivity index (χ2v) is 8.78. The highest BCUT2D eigenvalue weighted by Crippen LogP contribution is 2.26. The maximum atomic E-state index is 12.6. The van der Waals surface area contributed by atoms with Crippen molar-refractivity contribution in [3.05, 3.63) is 48.5 Å². The fraction of sp³-hybridized carbons (Fsp3) is 0.350. The quantitative estimate of drug-likeness (QED) is 0.612. The molecule has 2 aromatic carbocycles. The first-order valence-electron chi connectivity index (χ1n) is 9.65. The van der Waals surface area contributed by atoms with E-state index < -0.39 is 28.7 Å². The first-order valence-corrected chi connectivity index (χ1v) is 11.1. The van der Waals surface area contributed by atoms with E-state index in [2.05, 4.69) is 10.6 Å². The molecule has 0 atom stereocenters. The Balaban J connectivity index is 1.56. The van der Waals surface area contributed by atoms with Crippen LogP contribution in [0.5, 0.6) is 5.75 Å². The number of nitrogens with one attached hydrogen (secondary N) is 2. The van der Waals surface area contributed by atoms with Crippen molar-refractivity contribution in [2.45, 2.75) is 11.1 Å². The number of amides is 1. The molecule has 174 valence electrons. The molecular weight excluding hydrogens is 451 g/mol. The fourth-order valence-electron chi connectivity index (χ4n) is 2.93. The van der Waals surface area contributed by atoms with Gasteiger partial charge in [0.2, 0.25) is 15.9 Å². The van der Waals surface area contributed by atoms with Gasteiger partial charge in [-0.2, -0.15) is 17.5 Å². The second kappa shape index (κ2) is 10.2. The zero-order chi connectivity index (χ0) is 23.2. The minimum Gasteiger partial charge on any atom is -0.482 e. The smallest absolute Gasteiger partial charge is 0.422 e. The van der Waals surface area contributed by atoms with Crippen LogP contribution in [0.2, 0.25) is 0 Å². The SMILES string of the molecule is O=C(CNc1ccccc1OCC(F)(F)F)Nc1ccc(S(=O)(=O)N2CCOCC2)cc1. The number of para-hydroxylation sites is 2. The molecule has 0 bridgehead atoms. The van der Waals surface area contributed by atoms with Crippen LogP contribution in [0.25, 0.3) is 0 Å². The number of alkyl halides is 3. The molecule has 0 unspecified atom stereocenters. The summed E-state index contributed by atoms with van der Waals surface area (Å²) in [4.78, 5) is 12.3. The van der Waals surface area contributed by atoms with Gasteiger partial charge in [0.1, 0.15) is 5.75 Å². The third kappa shape index (κ3) is 6.58. The Hall–Kier alpha value is -2.83. The zero-order valence-corrected chi connectivity index (χ0v) is 17.7. The largest absolute Gasteiger partial charge is 0.482 e. The standard InChI is InChI=1S/C20H22F3N3O5S/c21-20(22,23)14-31-18-4-2-1-3-17(18)24-13-19(27)25-15-5-7-16(8-6-15)32(28,29)26-9-11-30-12-10-26/h1-8,24H,9-14H2,(H,25,27). The van der Waals surface area contributed by atoms with Gasteiger partial charge in [-0.25, -0.2) is 8.42 Å². The summed E-state index contributed by atoms with van der Waals surface area (Å²) < 4.78 is 73.6. The molecule has 1 heterocycles. The van der Waals surface area contributed by atoms with Crippen molar-refractivity contribution >= 4 is 27.3 Å². The van der Waals surface area contributed by atoms with Gasteiger partial charge in [-0.1, -0.05) is 12.1 Å². The van der Waals surface area contributed by atoms with E-state index in [4.69, 9.17) is 9.47 Å². The van der Waals surface area contributed by atoms with Crippen molar-refractivity contribution in [1.29, 1.82) is 0 Å². The fourth-order valence-corrected chi connectivity index (χ4v) is 4.33. The van der Waals surface area contributed by atoms with Crippen molar-refractivity contribution in [3.8, 4) is 5.75 Å². The second-order valence-electron chi connectivity index (χ2n) is 6.84. The Morgan fingerprint density at radius 1 is 1.06 bits per heavy atom. The van der Waals surface area contributed by atoms with Gasteiger partial charge in [0, 0.05) is 18.8 Å². The van der Waals surface area contributed by atoms with E-state index in [0.29, 0.717) is 18.9 Å². The average Bonchev–Trinajstić information content (AvgIpc) is 2.77. The van der Waals surface area contributed by atoms with Crippen molar-refractivity contribution in [2.24, 2.45) is 0 Å². The number of carbonyl (C=O) groups excluding carboxylic acids is 1. The van der Waals surface area contributed by atoms with Gasteiger partial charge in [0.15, 0.2) is 6.61 Å². The van der Waals surface area contributed by atoms with Gasteiger partial charge >= 0.3 is 6.18 Å². The van der Waals surface area contributed by atoms with Gasteiger partial charge in [-0.3, -0.25) is 4.79 Å². The van der Waals surface area contributed by atoms with E-state index in [-0.39, 0.29) is 36.0 Å². The lowest BCUT2D eigenvalue weighted by Gasteiger charge is -2.26. The monoisotopic (exact) mass is 473 g/mol. The molecule has 32 heavy (non-hydrogen) atoms. The van der Waals surface area contributed by atoms with Crippen LogP contribution in [0.4, 0.5) is 24.5 Å². The topological polar surface area (TPSA) is 97.0 Å². The van der Waals surface area contributed by atoms with Crippen molar-refractivity contribution in [3.63, 3.8) is 0 Å². The van der Waals surface area contributed by atoms with Gasteiger partial charge in [0.25, 0.3) is 0 Å². The van der Waals surface area contributed by atoms with Gasteiger partial charge in [-0.05, 0) is 36.4 Å². The highest BCUT2D eigenvalue weighted by molar-refractivity contribution is 7.89. The normalized spacial score (nSPS) is 15.2. The number of ether oxygens (including phenoxy) is 2. The molecule has 8 nitrogen and oxygen atoms in total. The summed E-state index contributed by atoms with van der Waals surface area (Å²) in [6.45, 7) is -0.450. The molecule has 1 amide bonds. The molecule has 0 saturated carbocycles. The minimum absolute atomic E-state index is 0.0321. The van der Waals surface area contributed by atoms with E-state index in [1.54, 1.807) is 6.07 Å². The van der Waals surface area contributed by atoms with Crippen LogP contribution in [0.15, 0.2) is 53.4 Å². The van der Waals surface area contributed by atoms with Crippen molar-refractivity contribution in [1.82, 2.24) is 4.31 Å². The van der Waals surface area contributed by atoms with Crippen LogP contribution in [0.1, 0.15) is 0 Å². The predicted molar refractivity (Wildman–Crippen MR) is 111 cm³/mol. The van der Waals surface area contributed by atoms with Crippen LogP contribution < -0.4 is 15.4 Å². The highest BCUT2D eigenvalue weighted by atomic mass is 32.2. The van der Waals surface area contributed by atoms with E-state index >= 15 is 0 Å². The van der Waals surface area contributed by atoms with Crippen LogP contribution in [-0.2, 0) is 19.6 Å². The third-order valence-electron chi connectivity index (χ3n) is 4.46. The van der Waals surface area contributed by atoms with E-state index in [1.165, 1.54) is 46.8 Å². The number of halogens is 3. The van der Waals surface area contributed by atoms with Gasteiger partial charge in [0.05, 0.1) is 30.3 Å². The highest BCUT2D eigenvalue weighted by Gasteiger charge is 2.29. The van der Waals surface area contributed by atoms with E-state index in [9.17, 15) is 26.4 Å². The summed E-state index contributed by atoms with van der Waals surface area (Å²) in [6, 6.07) is 11.7. The van der Waals surface area contributed by atoms with E-state index in [1.807, 2.05) is 0 Å². The summed E-state index contributed by atoms with van der Waals surface area (Å²) in [5, 5.41) is 5.32. The molecule has 1 aliphatic rings. The summed E-state index contributed by atoms with van der Waals surface area (Å²) in [7, 11) is -3.64. The van der Waals surface area contributed by atoms with Crippen LogP contribution in [0, 0.1) is 0 Å². The number of benzene rings is 2. The number of hydrogen-bond donors (Lipinski definition) is 2. The number of nitrogens with zero attached hydrogens (tertiary/aromatic N) is 1. The summed E-state index contributed by atoms with van der Waals surface area (Å²) in [6.07, 6.45) is -4.48. The Morgan fingerprint density at radius 2 is 1.72 bits per heavy atom. The van der Waals surface area contributed by atoms with E-state index in [0.717, 1.165) is 0 Å². The number of rotatable bonds is 8. The molecule has 1 fully saturated rings. The summed E-state index contributed by atoms with van der Waals surface area (Å²) in [5.74, 6) is -0.505. The Labute approximate surface area is 183 Å². The average molecular weight is 473 g/mol. The van der Waals surface area contributed by atoms with Gasteiger partial charge < -0.3 is 20.1 Å². The molecule has 0 spiro atoms. The molecular formula is C20H22F3N3O5S. The lowest BCUT2D eigenvalue weighted by Crippen LogP contribution is -2.40. The molecule has 0 aromatic heterocycles. The summed E-state index contributed by atoms with van der Waals surface area (Å²) >= 11 is 0. The summed E-state index contributed by atoms with van der Waals surface area (Å²) in [5.41, 5.74) is 0.609. The molecule has 0 aliphatic carbocycles. The molecule has 0 radical (unpaired) electrons.